The van der Waals surface area contributed by atoms with Gasteiger partial charge in [-0.2, -0.15) is 0 Å². The van der Waals surface area contributed by atoms with Gasteiger partial charge in [0.25, 0.3) is 0 Å². The van der Waals surface area contributed by atoms with Gasteiger partial charge in [0, 0.05) is 6.07 Å². The standard InChI is InChI=1S/C7H10NO/c1-6(2)5-7-3-4-9-8-7/h3,6H,5H2,1-2H3. The van der Waals surface area contributed by atoms with Gasteiger partial charge in [-0.05, 0) is 12.3 Å². The Morgan fingerprint density at radius 1 is 1.78 bits per heavy atom. The fraction of sp³-hybridized carbons (Fsp3) is 0.571. The van der Waals surface area contributed by atoms with Gasteiger partial charge in [0.2, 0.25) is 6.26 Å². The molecule has 0 saturated heterocycles. The highest BCUT2D eigenvalue weighted by molar-refractivity contribution is 4.94. The normalized spacial score (nSPS) is 10.6. The first kappa shape index (κ1) is 6.33. The van der Waals surface area contributed by atoms with Crippen molar-refractivity contribution >= 4 is 0 Å². The van der Waals surface area contributed by atoms with E-state index in [2.05, 4.69) is 29.8 Å². The van der Waals surface area contributed by atoms with Gasteiger partial charge in [0.15, 0.2) is 0 Å². The first-order chi connectivity index (χ1) is 4.29. The third-order valence-electron chi connectivity index (χ3n) is 1.06. The summed E-state index contributed by atoms with van der Waals surface area (Å²) in [6.07, 6.45) is 3.53. The van der Waals surface area contributed by atoms with Gasteiger partial charge < -0.3 is 4.52 Å². The Hall–Kier alpha value is -0.790. The number of hydrogen-bond donors (Lipinski definition) is 0. The lowest BCUT2D eigenvalue weighted by Crippen LogP contribution is -1.92. The minimum absolute atomic E-state index is 0.642. The van der Waals surface area contributed by atoms with Crippen LogP contribution < -0.4 is 0 Å². The van der Waals surface area contributed by atoms with Crippen LogP contribution in [0.5, 0.6) is 0 Å². The number of hydrogen-bond acceptors (Lipinski definition) is 2. The van der Waals surface area contributed by atoms with E-state index >= 15 is 0 Å². The van der Waals surface area contributed by atoms with Crippen LogP contribution in [0.15, 0.2) is 10.6 Å². The molecule has 0 bridgehead atoms. The molecule has 49 valence electrons. The van der Waals surface area contributed by atoms with Gasteiger partial charge in [-0.1, -0.05) is 19.0 Å². The molecule has 0 fully saturated rings. The van der Waals surface area contributed by atoms with Crippen LogP contribution in [0.4, 0.5) is 0 Å². The van der Waals surface area contributed by atoms with E-state index in [-0.39, 0.29) is 0 Å². The molecule has 0 aromatic carbocycles. The predicted molar refractivity (Wildman–Crippen MR) is 33.9 cm³/mol. The molecule has 1 rings (SSSR count). The van der Waals surface area contributed by atoms with Crippen molar-refractivity contribution in [3.63, 3.8) is 0 Å². The Kier molecular flexibility index (Phi) is 1.88. The maximum absolute atomic E-state index is 4.54. The van der Waals surface area contributed by atoms with Crippen molar-refractivity contribution in [3.05, 3.63) is 18.0 Å². The summed E-state index contributed by atoms with van der Waals surface area (Å²) >= 11 is 0. The molecule has 1 heterocycles. The van der Waals surface area contributed by atoms with Crippen LogP contribution in [0.2, 0.25) is 0 Å². The molecule has 0 aliphatic rings. The molecule has 1 aromatic heterocycles. The third kappa shape index (κ3) is 1.88. The number of nitrogens with zero attached hydrogens (tertiary/aromatic N) is 1. The molecular formula is C7H10NO. The molecule has 0 aliphatic heterocycles. The maximum atomic E-state index is 4.54. The molecule has 1 radical (unpaired) electrons. The van der Waals surface area contributed by atoms with Crippen LogP contribution in [0.25, 0.3) is 0 Å². The second-order valence-electron chi connectivity index (χ2n) is 2.53. The molecule has 0 spiro atoms. The van der Waals surface area contributed by atoms with Gasteiger partial charge in [-0.15, -0.1) is 0 Å². The number of aromatic nitrogens is 1. The van der Waals surface area contributed by atoms with Crippen molar-refractivity contribution in [1.82, 2.24) is 5.16 Å². The zero-order valence-corrected chi connectivity index (χ0v) is 5.72. The monoisotopic (exact) mass is 124 g/mol. The Labute approximate surface area is 54.9 Å². The molecule has 0 atom stereocenters. The number of rotatable bonds is 2. The summed E-state index contributed by atoms with van der Waals surface area (Å²) in [5, 5.41) is 3.73. The first-order valence-electron chi connectivity index (χ1n) is 3.10. The lowest BCUT2D eigenvalue weighted by molar-refractivity contribution is 0.401. The minimum Gasteiger partial charge on any atom is -0.353 e. The first-order valence-corrected chi connectivity index (χ1v) is 3.10. The van der Waals surface area contributed by atoms with Crippen molar-refractivity contribution in [2.24, 2.45) is 5.92 Å². The van der Waals surface area contributed by atoms with E-state index in [4.69, 9.17) is 0 Å². The van der Waals surface area contributed by atoms with Crippen molar-refractivity contribution in [1.29, 1.82) is 0 Å². The molecule has 0 amide bonds. The van der Waals surface area contributed by atoms with Gasteiger partial charge in [-0.3, -0.25) is 0 Å². The Morgan fingerprint density at radius 3 is 3.00 bits per heavy atom. The molecule has 0 N–H and O–H groups in total. The lowest BCUT2D eigenvalue weighted by atomic mass is 10.1. The highest BCUT2D eigenvalue weighted by Gasteiger charge is 1.98. The van der Waals surface area contributed by atoms with E-state index in [9.17, 15) is 0 Å². The molecule has 2 nitrogen and oxygen atoms in total. The molecule has 9 heavy (non-hydrogen) atoms. The van der Waals surface area contributed by atoms with Gasteiger partial charge >= 0.3 is 0 Å². The second-order valence-corrected chi connectivity index (χ2v) is 2.53. The van der Waals surface area contributed by atoms with Crippen LogP contribution in [-0.4, -0.2) is 5.16 Å². The smallest absolute Gasteiger partial charge is 0.205 e. The fourth-order valence-corrected chi connectivity index (χ4v) is 0.720. The molecular weight excluding hydrogens is 114 g/mol. The summed E-state index contributed by atoms with van der Waals surface area (Å²) in [6, 6.07) is 1.78. The van der Waals surface area contributed by atoms with E-state index in [0.717, 1.165) is 12.1 Å². The van der Waals surface area contributed by atoms with Crippen LogP contribution in [0.3, 0.4) is 0 Å². The summed E-state index contributed by atoms with van der Waals surface area (Å²) in [4.78, 5) is 0. The van der Waals surface area contributed by atoms with Crippen molar-refractivity contribution in [3.8, 4) is 0 Å². The van der Waals surface area contributed by atoms with Gasteiger partial charge in [0.1, 0.15) is 0 Å². The summed E-state index contributed by atoms with van der Waals surface area (Å²) in [5.74, 6) is 0.642. The van der Waals surface area contributed by atoms with Crippen LogP contribution in [0.1, 0.15) is 19.5 Å². The maximum Gasteiger partial charge on any atom is 0.205 e. The zero-order chi connectivity index (χ0) is 6.69. The second kappa shape index (κ2) is 2.67. The van der Waals surface area contributed by atoms with Gasteiger partial charge in [0.05, 0.1) is 5.69 Å². The quantitative estimate of drug-likeness (QED) is 0.599. The van der Waals surface area contributed by atoms with E-state index in [1.807, 2.05) is 0 Å². The summed E-state index contributed by atoms with van der Waals surface area (Å²) < 4.78 is 4.54. The zero-order valence-electron chi connectivity index (χ0n) is 5.72. The third-order valence-corrected chi connectivity index (χ3v) is 1.06. The average molecular weight is 124 g/mol. The van der Waals surface area contributed by atoms with E-state index in [1.54, 1.807) is 6.07 Å². The van der Waals surface area contributed by atoms with Gasteiger partial charge in [-0.25, -0.2) is 0 Å². The Balaban J connectivity index is 2.48. The van der Waals surface area contributed by atoms with Crippen molar-refractivity contribution < 1.29 is 4.52 Å². The molecule has 1 aromatic rings. The average Bonchev–Trinajstić information content (AvgIpc) is 2.15. The largest absolute Gasteiger partial charge is 0.353 e. The molecule has 0 unspecified atom stereocenters. The lowest BCUT2D eigenvalue weighted by Gasteiger charge is -1.96. The molecule has 0 saturated carbocycles. The minimum atomic E-state index is 0.642. The van der Waals surface area contributed by atoms with Crippen molar-refractivity contribution in [2.45, 2.75) is 20.3 Å². The predicted octanol–water partition coefficient (Wildman–Crippen LogP) is 1.67. The van der Waals surface area contributed by atoms with E-state index in [0.29, 0.717) is 5.92 Å². The Bertz CT molecular complexity index is 155. The topological polar surface area (TPSA) is 26.0 Å². The SMILES string of the molecule is CC(C)Cc1c[c]on1. The van der Waals surface area contributed by atoms with Crippen LogP contribution >= 0.6 is 0 Å². The molecule has 0 aliphatic carbocycles. The molecule has 2 heteroatoms. The Morgan fingerprint density at radius 2 is 2.56 bits per heavy atom. The van der Waals surface area contributed by atoms with Crippen LogP contribution in [-0.2, 0) is 6.42 Å². The summed E-state index contributed by atoms with van der Waals surface area (Å²) in [7, 11) is 0. The summed E-state index contributed by atoms with van der Waals surface area (Å²) in [6.45, 7) is 4.30. The highest BCUT2D eigenvalue weighted by atomic mass is 16.5. The highest BCUT2D eigenvalue weighted by Crippen LogP contribution is 2.03. The van der Waals surface area contributed by atoms with E-state index in [1.165, 1.54) is 0 Å². The van der Waals surface area contributed by atoms with Crippen LogP contribution in [0, 0.1) is 12.2 Å². The summed E-state index contributed by atoms with van der Waals surface area (Å²) in [5.41, 5.74) is 0.991. The van der Waals surface area contributed by atoms with E-state index < -0.39 is 0 Å². The fourth-order valence-electron chi connectivity index (χ4n) is 0.720. The van der Waals surface area contributed by atoms with Crippen molar-refractivity contribution in [2.75, 3.05) is 0 Å².